The van der Waals surface area contributed by atoms with E-state index in [1.165, 1.54) is 0 Å². The normalized spacial score (nSPS) is 18.2. The fraction of sp³-hybridized carbons (Fsp3) is 0.143. The van der Waals surface area contributed by atoms with E-state index < -0.39 is 6.10 Å². The zero-order valence-electron chi connectivity index (χ0n) is 18.4. The molecular formula is C28H23N3O3. The van der Waals surface area contributed by atoms with Gasteiger partial charge in [0.25, 0.3) is 5.91 Å². The molecule has 6 heteroatoms. The molecule has 3 heterocycles. The van der Waals surface area contributed by atoms with Crippen molar-refractivity contribution in [3.05, 3.63) is 114 Å². The molecule has 168 valence electrons. The third kappa shape index (κ3) is 3.63. The molecule has 2 aliphatic heterocycles. The number of aromatic nitrogens is 1. The summed E-state index contributed by atoms with van der Waals surface area (Å²) < 4.78 is 13.7. The minimum absolute atomic E-state index is 0.170. The number of nitrogens with zero attached hydrogens (tertiary/aromatic N) is 2. The van der Waals surface area contributed by atoms with Crippen LogP contribution in [0.25, 0.3) is 5.69 Å². The highest BCUT2D eigenvalue weighted by molar-refractivity contribution is 6.04. The van der Waals surface area contributed by atoms with Crippen LogP contribution in [0.3, 0.4) is 0 Å². The lowest BCUT2D eigenvalue weighted by atomic mass is 9.98. The Bertz CT molecular complexity index is 1380. The van der Waals surface area contributed by atoms with Crippen LogP contribution in [0.15, 0.2) is 102 Å². The molecule has 0 radical (unpaired) electrons. The number of carbonyl (C=O) groups excluding carboxylic acids is 1. The van der Waals surface area contributed by atoms with Crippen molar-refractivity contribution in [1.82, 2.24) is 9.88 Å². The van der Waals surface area contributed by atoms with Gasteiger partial charge < -0.3 is 19.4 Å². The first-order chi connectivity index (χ1) is 16.8. The molecule has 0 aliphatic carbocycles. The number of benzene rings is 3. The van der Waals surface area contributed by atoms with Crippen LogP contribution in [0.5, 0.6) is 11.5 Å². The Morgan fingerprint density at radius 1 is 0.912 bits per heavy atom. The molecule has 0 saturated heterocycles. The van der Waals surface area contributed by atoms with E-state index in [1.807, 2.05) is 66.9 Å². The average molecular weight is 450 g/mol. The van der Waals surface area contributed by atoms with Gasteiger partial charge in [0.1, 0.15) is 12.6 Å². The van der Waals surface area contributed by atoms with E-state index in [2.05, 4.69) is 34.1 Å². The fourth-order valence-corrected chi connectivity index (χ4v) is 4.51. The van der Waals surface area contributed by atoms with Gasteiger partial charge in [-0.3, -0.25) is 9.79 Å². The molecule has 6 rings (SSSR count). The van der Waals surface area contributed by atoms with Crippen LogP contribution in [-0.4, -0.2) is 35.4 Å². The molecule has 1 N–H and O–H groups in total. The Morgan fingerprint density at radius 2 is 1.68 bits per heavy atom. The van der Waals surface area contributed by atoms with E-state index in [1.54, 1.807) is 6.07 Å². The summed E-state index contributed by atoms with van der Waals surface area (Å²) in [7, 11) is 0. The molecule has 0 spiro atoms. The highest BCUT2D eigenvalue weighted by atomic mass is 16.6. The summed E-state index contributed by atoms with van der Waals surface area (Å²) in [4.78, 5) is 18.1. The molecule has 4 aromatic rings. The van der Waals surface area contributed by atoms with Gasteiger partial charge in [0, 0.05) is 11.8 Å². The summed E-state index contributed by atoms with van der Waals surface area (Å²) in [5, 5.41) is 3.02. The van der Waals surface area contributed by atoms with Gasteiger partial charge in [-0.2, -0.15) is 0 Å². The Balaban J connectivity index is 1.30. The first-order valence-corrected chi connectivity index (χ1v) is 11.3. The number of nitrogens with one attached hydrogen (secondary N) is 1. The van der Waals surface area contributed by atoms with E-state index in [-0.39, 0.29) is 25.1 Å². The number of aliphatic imine (C=N–C) groups is 1. The van der Waals surface area contributed by atoms with Crippen LogP contribution in [0.2, 0.25) is 0 Å². The van der Waals surface area contributed by atoms with Gasteiger partial charge in [-0.1, -0.05) is 60.7 Å². The second-order valence-electron chi connectivity index (χ2n) is 8.29. The van der Waals surface area contributed by atoms with Crippen LogP contribution in [0.4, 0.5) is 0 Å². The van der Waals surface area contributed by atoms with Gasteiger partial charge >= 0.3 is 0 Å². The van der Waals surface area contributed by atoms with Crippen molar-refractivity contribution in [2.45, 2.75) is 12.1 Å². The molecule has 2 atom stereocenters. The summed E-state index contributed by atoms with van der Waals surface area (Å²) in [6.45, 7) is 0.450. The van der Waals surface area contributed by atoms with Crippen molar-refractivity contribution in [1.29, 1.82) is 0 Å². The largest absolute Gasteiger partial charge is 0.485 e. The Labute approximate surface area is 197 Å². The Kier molecular flexibility index (Phi) is 5.11. The van der Waals surface area contributed by atoms with E-state index >= 15 is 0 Å². The predicted molar refractivity (Wildman–Crippen MR) is 130 cm³/mol. The van der Waals surface area contributed by atoms with Gasteiger partial charge in [0.05, 0.1) is 23.6 Å². The Hall–Kier alpha value is -4.32. The first kappa shape index (κ1) is 20.3. The first-order valence-electron chi connectivity index (χ1n) is 11.3. The van der Waals surface area contributed by atoms with E-state index in [0.717, 1.165) is 28.2 Å². The van der Waals surface area contributed by atoms with Crippen LogP contribution >= 0.6 is 0 Å². The SMILES string of the molecule is O=C(NCC1=N[C@@H](c2ccccc2)c2ccccc2-n2cccc21)[C@@H]1COc2ccccc2O1. The van der Waals surface area contributed by atoms with Gasteiger partial charge in [-0.15, -0.1) is 0 Å². The molecule has 34 heavy (non-hydrogen) atoms. The molecule has 1 aromatic heterocycles. The molecular weight excluding hydrogens is 426 g/mol. The number of rotatable bonds is 4. The molecule has 0 saturated carbocycles. The number of hydrogen-bond acceptors (Lipinski definition) is 4. The summed E-state index contributed by atoms with van der Waals surface area (Å²) in [6.07, 6.45) is 1.32. The monoisotopic (exact) mass is 449 g/mol. The van der Waals surface area contributed by atoms with Crippen LogP contribution < -0.4 is 14.8 Å². The molecule has 2 aliphatic rings. The smallest absolute Gasteiger partial charge is 0.265 e. The maximum atomic E-state index is 13.0. The van der Waals surface area contributed by atoms with Crippen molar-refractivity contribution >= 4 is 11.6 Å². The number of amides is 1. The zero-order valence-corrected chi connectivity index (χ0v) is 18.4. The lowest BCUT2D eigenvalue weighted by Crippen LogP contribution is -2.45. The summed E-state index contributed by atoms with van der Waals surface area (Å²) in [5.74, 6) is 1.00. The molecule has 6 nitrogen and oxygen atoms in total. The topological polar surface area (TPSA) is 64.9 Å². The van der Waals surface area contributed by atoms with E-state index in [9.17, 15) is 4.79 Å². The number of para-hydroxylation sites is 3. The highest BCUT2D eigenvalue weighted by Crippen LogP contribution is 2.35. The van der Waals surface area contributed by atoms with Crippen molar-refractivity contribution in [3.8, 4) is 17.2 Å². The highest BCUT2D eigenvalue weighted by Gasteiger charge is 2.29. The minimum atomic E-state index is -0.713. The second-order valence-corrected chi connectivity index (χ2v) is 8.29. The molecule has 0 unspecified atom stereocenters. The minimum Gasteiger partial charge on any atom is -0.485 e. The van der Waals surface area contributed by atoms with E-state index in [4.69, 9.17) is 14.5 Å². The molecule has 0 bridgehead atoms. The van der Waals surface area contributed by atoms with Gasteiger partial charge in [-0.05, 0) is 35.9 Å². The number of fused-ring (bicyclic) bond motifs is 4. The van der Waals surface area contributed by atoms with Crippen molar-refractivity contribution in [2.75, 3.05) is 13.2 Å². The van der Waals surface area contributed by atoms with E-state index in [0.29, 0.717) is 11.5 Å². The lowest BCUT2D eigenvalue weighted by Gasteiger charge is -2.25. The lowest BCUT2D eigenvalue weighted by molar-refractivity contribution is -0.130. The number of carbonyl (C=O) groups is 1. The standard InChI is InChI=1S/C28H23N3O3/c32-28(26-18-33-24-14-6-7-15-25(24)34-26)29-17-21-23-13-8-16-31(23)22-12-5-4-11-20(22)27(30-21)19-9-2-1-3-10-19/h1-16,26-27H,17-18H2,(H,29,32)/t26-,27-/m0/s1. The predicted octanol–water partition coefficient (Wildman–Crippen LogP) is 4.33. The third-order valence-electron chi connectivity index (χ3n) is 6.17. The molecule has 1 amide bonds. The van der Waals surface area contributed by atoms with Crippen LogP contribution in [0.1, 0.15) is 22.9 Å². The van der Waals surface area contributed by atoms with Crippen molar-refractivity contribution in [3.63, 3.8) is 0 Å². The third-order valence-corrected chi connectivity index (χ3v) is 6.17. The maximum Gasteiger partial charge on any atom is 0.265 e. The molecule has 0 fully saturated rings. The second kappa shape index (κ2) is 8.56. The number of ether oxygens (including phenoxy) is 2. The van der Waals surface area contributed by atoms with Crippen molar-refractivity contribution in [2.24, 2.45) is 4.99 Å². The van der Waals surface area contributed by atoms with Crippen molar-refractivity contribution < 1.29 is 14.3 Å². The quantitative estimate of drug-likeness (QED) is 0.505. The Morgan fingerprint density at radius 3 is 2.56 bits per heavy atom. The van der Waals surface area contributed by atoms with Crippen LogP contribution in [-0.2, 0) is 4.79 Å². The van der Waals surface area contributed by atoms with Gasteiger partial charge in [0.2, 0.25) is 6.10 Å². The van der Waals surface area contributed by atoms with Gasteiger partial charge in [0.15, 0.2) is 11.5 Å². The van der Waals surface area contributed by atoms with Crippen LogP contribution in [0, 0.1) is 0 Å². The summed E-state index contributed by atoms with van der Waals surface area (Å²) >= 11 is 0. The fourth-order valence-electron chi connectivity index (χ4n) is 4.51. The van der Waals surface area contributed by atoms with Gasteiger partial charge in [-0.25, -0.2) is 0 Å². The average Bonchev–Trinajstić information content (AvgIpc) is 3.34. The summed E-state index contributed by atoms with van der Waals surface area (Å²) in [6, 6.07) is 29.8. The molecule has 3 aromatic carbocycles. The maximum absolute atomic E-state index is 13.0. The summed E-state index contributed by atoms with van der Waals surface area (Å²) in [5.41, 5.74) is 5.07. The number of hydrogen-bond donors (Lipinski definition) is 1. The zero-order chi connectivity index (χ0) is 22.9.